The van der Waals surface area contributed by atoms with Crippen LogP contribution in [0.2, 0.25) is 0 Å². The number of aromatic nitrogens is 3. The Hall–Kier alpha value is -2.89. The van der Waals surface area contributed by atoms with Gasteiger partial charge in [-0.2, -0.15) is 5.10 Å². The van der Waals surface area contributed by atoms with E-state index in [9.17, 15) is 4.79 Å². The number of pyridine rings is 1. The Balaban J connectivity index is 1.70. The molecule has 1 N–H and O–H groups in total. The molecule has 0 aliphatic rings. The number of carbonyl (C=O) groups excluding carboxylic acids is 1. The molecule has 1 amide bonds. The van der Waals surface area contributed by atoms with Crippen LogP contribution in [0.15, 0.2) is 47.2 Å². The van der Waals surface area contributed by atoms with Crippen LogP contribution in [-0.2, 0) is 24.3 Å². The first kappa shape index (κ1) is 17.0. The highest BCUT2D eigenvalue weighted by Crippen LogP contribution is 2.15. The minimum atomic E-state index is 0.0713. The van der Waals surface area contributed by atoms with E-state index in [0.717, 1.165) is 28.4 Å². The second-order valence-electron chi connectivity index (χ2n) is 6.06. The van der Waals surface area contributed by atoms with Crippen LogP contribution in [0.3, 0.4) is 0 Å². The van der Waals surface area contributed by atoms with E-state index in [-0.39, 0.29) is 5.91 Å². The lowest BCUT2D eigenvalue weighted by molar-refractivity contribution is -0.132. The number of aryl methyl sites for hydroxylation is 2. The molecule has 25 heavy (non-hydrogen) atoms. The number of carbonyl (C=O) groups is 1. The van der Waals surface area contributed by atoms with E-state index in [2.05, 4.69) is 15.2 Å². The van der Waals surface area contributed by atoms with Gasteiger partial charge in [-0.3, -0.25) is 14.9 Å². The minimum Gasteiger partial charge on any atom is -0.467 e. The van der Waals surface area contributed by atoms with E-state index in [0.29, 0.717) is 25.9 Å². The van der Waals surface area contributed by atoms with Gasteiger partial charge in [0, 0.05) is 18.3 Å². The predicted octanol–water partition coefficient (Wildman–Crippen LogP) is 3.18. The Morgan fingerprint density at radius 1 is 1.20 bits per heavy atom. The summed E-state index contributed by atoms with van der Waals surface area (Å²) in [6.45, 7) is 4.83. The van der Waals surface area contributed by atoms with Gasteiger partial charge in [0.1, 0.15) is 5.76 Å². The Bertz CT molecular complexity index is 790. The van der Waals surface area contributed by atoms with Crippen molar-refractivity contribution in [3.8, 4) is 0 Å². The molecule has 0 bridgehead atoms. The summed E-state index contributed by atoms with van der Waals surface area (Å²) >= 11 is 0. The van der Waals surface area contributed by atoms with Crippen LogP contribution in [0.1, 0.15) is 34.8 Å². The second-order valence-corrected chi connectivity index (χ2v) is 6.06. The summed E-state index contributed by atoms with van der Waals surface area (Å²) in [6, 6.07) is 9.43. The summed E-state index contributed by atoms with van der Waals surface area (Å²) in [5, 5.41) is 7.16. The van der Waals surface area contributed by atoms with Gasteiger partial charge < -0.3 is 9.32 Å². The number of rotatable bonds is 7. The maximum absolute atomic E-state index is 12.8. The zero-order chi connectivity index (χ0) is 17.6. The molecule has 6 nitrogen and oxygen atoms in total. The fourth-order valence-electron chi connectivity index (χ4n) is 2.84. The highest BCUT2D eigenvalue weighted by atomic mass is 16.3. The Morgan fingerprint density at radius 2 is 2.08 bits per heavy atom. The Morgan fingerprint density at radius 3 is 2.72 bits per heavy atom. The molecule has 0 aliphatic heterocycles. The minimum absolute atomic E-state index is 0.0713. The first-order chi connectivity index (χ1) is 12.1. The topological polar surface area (TPSA) is 75.0 Å². The largest absolute Gasteiger partial charge is 0.467 e. The number of nitrogens with zero attached hydrogens (tertiary/aromatic N) is 3. The highest BCUT2D eigenvalue weighted by molar-refractivity contribution is 5.76. The molecule has 0 atom stereocenters. The molecule has 0 unspecified atom stereocenters. The third-order valence-electron chi connectivity index (χ3n) is 4.23. The van der Waals surface area contributed by atoms with E-state index in [4.69, 9.17) is 4.42 Å². The molecule has 0 aliphatic carbocycles. The van der Waals surface area contributed by atoms with Crippen molar-refractivity contribution in [3.05, 3.63) is 71.2 Å². The third-order valence-corrected chi connectivity index (χ3v) is 4.23. The summed E-state index contributed by atoms with van der Waals surface area (Å²) in [6.07, 6.45) is 4.46. The molecular weight excluding hydrogens is 316 g/mol. The van der Waals surface area contributed by atoms with Crippen LogP contribution >= 0.6 is 0 Å². The molecule has 3 aromatic heterocycles. The fourth-order valence-corrected chi connectivity index (χ4v) is 2.84. The Labute approximate surface area is 146 Å². The normalized spacial score (nSPS) is 10.8. The van der Waals surface area contributed by atoms with Gasteiger partial charge in [0.05, 0.1) is 30.7 Å². The maximum atomic E-state index is 12.8. The van der Waals surface area contributed by atoms with E-state index in [1.807, 2.05) is 44.2 Å². The summed E-state index contributed by atoms with van der Waals surface area (Å²) < 4.78 is 5.41. The van der Waals surface area contributed by atoms with E-state index < -0.39 is 0 Å². The summed E-state index contributed by atoms with van der Waals surface area (Å²) in [4.78, 5) is 18.9. The van der Waals surface area contributed by atoms with Crippen molar-refractivity contribution < 1.29 is 9.21 Å². The SMILES string of the molecule is Cc1n[nH]c(C)c1CCC(=O)N(Cc1ccccn1)Cc1ccco1. The number of furan rings is 1. The van der Waals surface area contributed by atoms with E-state index in [1.54, 1.807) is 17.4 Å². The van der Waals surface area contributed by atoms with Gasteiger partial charge in [0.15, 0.2) is 0 Å². The smallest absolute Gasteiger partial charge is 0.223 e. The van der Waals surface area contributed by atoms with Crippen LogP contribution in [0.4, 0.5) is 0 Å². The number of H-pyrrole nitrogens is 1. The van der Waals surface area contributed by atoms with Crippen LogP contribution in [0.5, 0.6) is 0 Å². The summed E-state index contributed by atoms with van der Waals surface area (Å²) in [7, 11) is 0. The molecule has 0 spiro atoms. The monoisotopic (exact) mass is 338 g/mol. The van der Waals surface area contributed by atoms with Gasteiger partial charge in [0.2, 0.25) is 5.91 Å². The van der Waals surface area contributed by atoms with Crippen LogP contribution in [0, 0.1) is 13.8 Å². The predicted molar refractivity (Wildman–Crippen MR) is 93.6 cm³/mol. The van der Waals surface area contributed by atoms with Crippen molar-refractivity contribution in [3.63, 3.8) is 0 Å². The van der Waals surface area contributed by atoms with Crippen LogP contribution in [0.25, 0.3) is 0 Å². The Kier molecular flexibility index (Phi) is 5.28. The molecule has 6 heteroatoms. The number of nitrogens with one attached hydrogen (secondary N) is 1. The lowest BCUT2D eigenvalue weighted by Crippen LogP contribution is -2.30. The van der Waals surface area contributed by atoms with Crippen molar-refractivity contribution in [2.75, 3.05) is 0 Å². The van der Waals surface area contributed by atoms with Crippen molar-refractivity contribution in [2.45, 2.75) is 39.8 Å². The van der Waals surface area contributed by atoms with Crippen LogP contribution < -0.4 is 0 Å². The number of hydrogen-bond acceptors (Lipinski definition) is 4. The lowest BCUT2D eigenvalue weighted by Gasteiger charge is -2.21. The van der Waals surface area contributed by atoms with Crippen molar-refractivity contribution in [1.82, 2.24) is 20.1 Å². The molecule has 0 aromatic carbocycles. The summed E-state index contributed by atoms with van der Waals surface area (Å²) in [5.74, 6) is 0.835. The third kappa shape index (κ3) is 4.35. The van der Waals surface area contributed by atoms with Crippen molar-refractivity contribution in [2.24, 2.45) is 0 Å². The van der Waals surface area contributed by atoms with E-state index >= 15 is 0 Å². The average Bonchev–Trinajstić information content (AvgIpc) is 3.24. The molecule has 3 aromatic rings. The summed E-state index contributed by atoms with van der Waals surface area (Å²) in [5.41, 5.74) is 3.95. The molecule has 3 heterocycles. The molecule has 0 fully saturated rings. The molecule has 0 radical (unpaired) electrons. The lowest BCUT2D eigenvalue weighted by atomic mass is 10.1. The number of aromatic amines is 1. The van der Waals surface area contributed by atoms with Gasteiger partial charge >= 0.3 is 0 Å². The zero-order valence-corrected chi connectivity index (χ0v) is 14.5. The van der Waals surface area contributed by atoms with Gasteiger partial charge in [-0.1, -0.05) is 6.07 Å². The standard InChI is InChI=1S/C19H22N4O2/c1-14-18(15(2)22-21-14)8-9-19(24)23(13-17-7-5-11-25-17)12-16-6-3-4-10-20-16/h3-7,10-11H,8-9,12-13H2,1-2H3,(H,21,22). The molecular formula is C19H22N4O2. The van der Waals surface area contributed by atoms with Gasteiger partial charge in [-0.25, -0.2) is 0 Å². The van der Waals surface area contributed by atoms with Gasteiger partial charge in [0.25, 0.3) is 0 Å². The zero-order valence-electron chi connectivity index (χ0n) is 14.5. The van der Waals surface area contributed by atoms with Crippen LogP contribution in [-0.4, -0.2) is 26.0 Å². The van der Waals surface area contributed by atoms with E-state index in [1.165, 1.54) is 0 Å². The second kappa shape index (κ2) is 7.79. The number of amides is 1. The first-order valence-electron chi connectivity index (χ1n) is 8.34. The van der Waals surface area contributed by atoms with Gasteiger partial charge in [-0.15, -0.1) is 0 Å². The van der Waals surface area contributed by atoms with Crippen molar-refractivity contribution in [1.29, 1.82) is 0 Å². The fraction of sp³-hybridized carbons (Fsp3) is 0.316. The maximum Gasteiger partial charge on any atom is 0.223 e. The van der Waals surface area contributed by atoms with Gasteiger partial charge in [-0.05, 0) is 50.1 Å². The molecule has 3 rings (SSSR count). The molecule has 130 valence electrons. The molecule has 0 saturated heterocycles. The quantitative estimate of drug-likeness (QED) is 0.718. The molecule has 0 saturated carbocycles. The number of hydrogen-bond donors (Lipinski definition) is 1. The average molecular weight is 338 g/mol. The van der Waals surface area contributed by atoms with Crippen molar-refractivity contribution >= 4 is 5.91 Å². The first-order valence-corrected chi connectivity index (χ1v) is 8.34. The highest BCUT2D eigenvalue weighted by Gasteiger charge is 2.18.